The minimum Gasteiger partial charge on any atom is -0.481 e. The Hall–Kier alpha value is -3.39. The average molecular weight is 467 g/mol. The number of fused-ring (bicyclic) bond motifs is 3. The average Bonchev–Trinajstić information content (AvgIpc) is 3.18. The van der Waals surface area contributed by atoms with Crippen LogP contribution >= 0.6 is 0 Å². The van der Waals surface area contributed by atoms with Crippen molar-refractivity contribution >= 4 is 18.0 Å². The third-order valence-electron chi connectivity index (χ3n) is 6.74. The Bertz CT molecular complexity index is 1020. The first kappa shape index (κ1) is 23.8. The van der Waals surface area contributed by atoms with Crippen LogP contribution in [-0.2, 0) is 19.1 Å². The predicted molar refractivity (Wildman–Crippen MR) is 125 cm³/mol. The summed E-state index contributed by atoms with van der Waals surface area (Å²) < 4.78 is 10.9. The summed E-state index contributed by atoms with van der Waals surface area (Å²) in [7, 11) is 0. The van der Waals surface area contributed by atoms with Gasteiger partial charge in [0.2, 0.25) is 5.91 Å². The van der Waals surface area contributed by atoms with Gasteiger partial charge in [0.05, 0.1) is 6.61 Å². The number of carboxylic acid groups (broad SMARTS) is 1. The van der Waals surface area contributed by atoms with Crippen LogP contribution in [0.3, 0.4) is 0 Å². The molecule has 8 heteroatoms. The molecule has 0 saturated carbocycles. The molecule has 1 aliphatic heterocycles. The van der Waals surface area contributed by atoms with Gasteiger partial charge in [-0.3, -0.25) is 9.59 Å². The predicted octanol–water partition coefficient (Wildman–Crippen LogP) is 3.30. The fraction of sp³-hybridized carbons (Fsp3) is 0.423. The van der Waals surface area contributed by atoms with E-state index in [1.165, 1.54) is 0 Å². The summed E-state index contributed by atoms with van der Waals surface area (Å²) in [6.07, 6.45) is 0.709. The van der Waals surface area contributed by atoms with Crippen molar-refractivity contribution in [3.63, 3.8) is 0 Å². The molecule has 2 atom stereocenters. The quantitative estimate of drug-likeness (QED) is 0.550. The Morgan fingerprint density at radius 1 is 1.12 bits per heavy atom. The molecule has 2 aliphatic rings. The molecule has 0 bridgehead atoms. The molecular formula is C26H30N2O6. The van der Waals surface area contributed by atoms with E-state index in [2.05, 4.69) is 22.8 Å². The molecule has 2 aromatic rings. The van der Waals surface area contributed by atoms with Gasteiger partial charge in [-0.25, -0.2) is 4.79 Å². The number of nitrogens with one attached hydrogen (secondary N) is 2. The number of carbonyl (C=O) groups is 3. The molecule has 1 fully saturated rings. The Labute approximate surface area is 198 Å². The molecular weight excluding hydrogens is 436 g/mol. The lowest BCUT2D eigenvalue weighted by Crippen LogP contribution is -2.53. The van der Waals surface area contributed by atoms with Crippen molar-refractivity contribution in [3.05, 3.63) is 59.7 Å². The molecule has 0 spiro atoms. The molecule has 3 N–H and O–H groups in total. The van der Waals surface area contributed by atoms with E-state index in [-0.39, 0.29) is 25.7 Å². The van der Waals surface area contributed by atoms with Crippen LogP contribution in [0.1, 0.15) is 43.2 Å². The van der Waals surface area contributed by atoms with Gasteiger partial charge in [0.15, 0.2) is 0 Å². The molecule has 2 aromatic carbocycles. The summed E-state index contributed by atoms with van der Waals surface area (Å²) in [4.78, 5) is 37.0. The zero-order valence-electron chi connectivity index (χ0n) is 19.2. The Kier molecular flexibility index (Phi) is 7.17. The molecule has 34 heavy (non-hydrogen) atoms. The summed E-state index contributed by atoms with van der Waals surface area (Å²) in [6, 6.07) is 15.3. The summed E-state index contributed by atoms with van der Waals surface area (Å²) in [5.74, 6) is -1.51. The van der Waals surface area contributed by atoms with Crippen molar-refractivity contribution < 1.29 is 29.0 Å². The highest BCUT2D eigenvalue weighted by Crippen LogP contribution is 2.44. The molecule has 8 nitrogen and oxygen atoms in total. The summed E-state index contributed by atoms with van der Waals surface area (Å²) in [6.45, 7) is 2.44. The molecule has 0 aromatic heterocycles. The van der Waals surface area contributed by atoms with Gasteiger partial charge in [0.25, 0.3) is 0 Å². The van der Waals surface area contributed by atoms with Crippen LogP contribution in [0.5, 0.6) is 0 Å². The fourth-order valence-corrected chi connectivity index (χ4v) is 4.75. The lowest BCUT2D eigenvalue weighted by atomic mass is 9.82. The van der Waals surface area contributed by atoms with Gasteiger partial charge in [-0.2, -0.15) is 0 Å². The van der Waals surface area contributed by atoms with Crippen LogP contribution in [0.2, 0.25) is 0 Å². The lowest BCUT2D eigenvalue weighted by molar-refractivity contribution is -0.157. The van der Waals surface area contributed by atoms with Crippen molar-refractivity contribution in [2.45, 2.75) is 38.1 Å². The zero-order chi connectivity index (χ0) is 24.1. The second-order valence-electron chi connectivity index (χ2n) is 8.89. The largest absolute Gasteiger partial charge is 0.481 e. The van der Waals surface area contributed by atoms with E-state index >= 15 is 0 Å². The van der Waals surface area contributed by atoms with E-state index in [4.69, 9.17) is 9.47 Å². The van der Waals surface area contributed by atoms with Crippen molar-refractivity contribution in [1.29, 1.82) is 0 Å². The van der Waals surface area contributed by atoms with Gasteiger partial charge < -0.3 is 25.2 Å². The van der Waals surface area contributed by atoms with E-state index in [1.807, 2.05) is 36.4 Å². The van der Waals surface area contributed by atoms with E-state index < -0.39 is 29.4 Å². The number of rotatable bonds is 8. The number of carboxylic acids is 1. The Balaban J connectivity index is 1.34. The number of hydrogen-bond acceptors (Lipinski definition) is 5. The number of carbonyl (C=O) groups excluding carboxylic acids is 2. The van der Waals surface area contributed by atoms with Crippen LogP contribution in [0.25, 0.3) is 11.1 Å². The SMILES string of the molecule is CC[C@H](NC(=O)OCC1c2ccccc2-c2ccccc21)C(=O)NCC1(C(=O)O)CCCOC1. The topological polar surface area (TPSA) is 114 Å². The second kappa shape index (κ2) is 10.3. The first-order valence-electron chi connectivity index (χ1n) is 11.7. The van der Waals surface area contributed by atoms with E-state index in [0.29, 0.717) is 25.9 Å². The molecule has 4 rings (SSSR count). The first-order valence-corrected chi connectivity index (χ1v) is 11.7. The number of amides is 2. The zero-order valence-corrected chi connectivity index (χ0v) is 19.2. The van der Waals surface area contributed by atoms with Crippen LogP contribution in [0, 0.1) is 5.41 Å². The molecule has 1 unspecified atom stereocenters. The molecule has 1 saturated heterocycles. The monoisotopic (exact) mass is 466 g/mol. The van der Waals surface area contributed by atoms with Gasteiger partial charge >= 0.3 is 12.1 Å². The van der Waals surface area contributed by atoms with Gasteiger partial charge in [0, 0.05) is 19.1 Å². The highest BCUT2D eigenvalue weighted by Gasteiger charge is 2.41. The summed E-state index contributed by atoms with van der Waals surface area (Å²) >= 11 is 0. The third kappa shape index (κ3) is 4.77. The number of alkyl carbamates (subject to hydrolysis) is 1. The minimum atomic E-state index is -1.14. The van der Waals surface area contributed by atoms with Crippen molar-refractivity contribution in [2.75, 3.05) is 26.4 Å². The van der Waals surface area contributed by atoms with E-state index in [1.54, 1.807) is 6.92 Å². The maximum atomic E-state index is 12.7. The van der Waals surface area contributed by atoms with Gasteiger partial charge in [-0.1, -0.05) is 55.5 Å². The standard InChI is InChI=1S/C26H30N2O6/c1-2-22(23(29)27-15-26(24(30)31)12-7-13-33-16-26)28-25(32)34-14-21-19-10-5-3-8-17(19)18-9-4-6-11-20(18)21/h3-6,8-11,21-22H,2,7,12-16H2,1H3,(H,27,29)(H,28,32)(H,30,31)/t22-,26?/m0/s1. The van der Waals surface area contributed by atoms with Gasteiger partial charge in [-0.05, 0) is 41.5 Å². The normalized spacial score (nSPS) is 20.0. The molecule has 180 valence electrons. The van der Waals surface area contributed by atoms with Crippen LogP contribution in [-0.4, -0.2) is 55.5 Å². The maximum absolute atomic E-state index is 12.7. The maximum Gasteiger partial charge on any atom is 0.407 e. The molecule has 2 amide bonds. The highest BCUT2D eigenvalue weighted by atomic mass is 16.5. The molecule has 0 radical (unpaired) electrons. The smallest absolute Gasteiger partial charge is 0.407 e. The minimum absolute atomic E-state index is 0.0516. The van der Waals surface area contributed by atoms with Crippen molar-refractivity contribution in [3.8, 4) is 11.1 Å². The van der Waals surface area contributed by atoms with Gasteiger partial charge in [0.1, 0.15) is 18.1 Å². The van der Waals surface area contributed by atoms with Crippen molar-refractivity contribution in [1.82, 2.24) is 10.6 Å². The highest BCUT2D eigenvalue weighted by molar-refractivity contribution is 5.86. The van der Waals surface area contributed by atoms with E-state index in [9.17, 15) is 19.5 Å². The first-order chi connectivity index (χ1) is 16.4. The van der Waals surface area contributed by atoms with Gasteiger partial charge in [-0.15, -0.1) is 0 Å². The number of hydrogen-bond donors (Lipinski definition) is 3. The summed E-state index contributed by atoms with van der Waals surface area (Å²) in [5, 5.41) is 14.9. The molecule has 1 aliphatic carbocycles. The van der Waals surface area contributed by atoms with Crippen LogP contribution in [0.15, 0.2) is 48.5 Å². The third-order valence-corrected chi connectivity index (χ3v) is 6.74. The fourth-order valence-electron chi connectivity index (χ4n) is 4.75. The van der Waals surface area contributed by atoms with E-state index in [0.717, 1.165) is 22.3 Å². The second-order valence-corrected chi connectivity index (χ2v) is 8.89. The number of ether oxygens (including phenoxy) is 2. The van der Waals surface area contributed by atoms with Crippen LogP contribution in [0.4, 0.5) is 4.79 Å². The number of benzene rings is 2. The Morgan fingerprint density at radius 3 is 2.32 bits per heavy atom. The molecule has 1 heterocycles. The summed E-state index contributed by atoms with van der Waals surface area (Å²) in [5.41, 5.74) is 3.34. The lowest BCUT2D eigenvalue weighted by Gasteiger charge is -2.33. The Morgan fingerprint density at radius 2 is 1.76 bits per heavy atom. The van der Waals surface area contributed by atoms with Crippen molar-refractivity contribution in [2.24, 2.45) is 5.41 Å². The van der Waals surface area contributed by atoms with Crippen LogP contribution < -0.4 is 10.6 Å². The number of aliphatic carboxylic acids is 1.